The molecule has 0 radical (unpaired) electrons. The van der Waals surface area contributed by atoms with Gasteiger partial charge in [-0.3, -0.25) is 0 Å². The Morgan fingerprint density at radius 2 is 0.860 bits per heavy atom. The Hall–Kier alpha value is -6.64. The van der Waals surface area contributed by atoms with Gasteiger partial charge >= 0.3 is 0 Å². The quantitative estimate of drug-likeness (QED) is 0.175. The van der Waals surface area contributed by atoms with E-state index in [9.17, 15) is 0 Å². The van der Waals surface area contributed by atoms with E-state index < -0.39 is 0 Å². The predicted octanol–water partition coefficient (Wildman–Crippen LogP) is 13.8. The molecule has 2 heteroatoms. The minimum atomic E-state index is 0.873. The highest BCUT2D eigenvalue weighted by atomic mass is 16.3. The van der Waals surface area contributed by atoms with Crippen LogP contribution in [0.4, 0.5) is 17.1 Å². The summed E-state index contributed by atoms with van der Waals surface area (Å²) in [6.45, 7) is 0. The molecular formula is C48H31NO. The zero-order valence-corrected chi connectivity index (χ0v) is 27.3. The first-order chi connectivity index (χ1) is 24.8. The number of anilines is 3. The van der Waals surface area contributed by atoms with E-state index in [0.717, 1.165) is 44.4 Å². The topological polar surface area (TPSA) is 16.4 Å². The van der Waals surface area contributed by atoms with Gasteiger partial charge < -0.3 is 9.32 Å². The Bertz CT molecular complexity index is 2870. The van der Waals surface area contributed by atoms with Crippen LogP contribution >= 0.6 is 0 Å². The average Bonchev–Trinajstić information content (AvgIpc) is 3.57. The lowest BCUT2D eigenvalue weighted by molar-refractivity contribution is 0.672. The number of fused-ring (bicyclic) bond motifs is 8. The van der Waals surface area contributed by atoms with Crippen LogP contribution in [0.2, 0.25) is 0 Å². The minimum absolute atomic E-state index is 0.873. The Morgan fingerprint density at radius 1 is 0.300 bits per heavy atom. The summed E-state index contributed by atoms with van der Waals surface area (Å²) in [6.07, 6.45) is 0. The lowest BCUT2D eigenvalue weighted by Crippen LogP contribution is -2.10. The molecule has 2 nitrogen and oxygen atoms in total. The number of hydrogen-bond acceptors (Lipinski definition) is 2. The van der Waals surface area contributed by atoms with E-state index in [0.29, 0.717) is 0 Å². The van der Waals surface area contributed by atoms with E-state index in [-0.39, 0.29) is 0 Å². The molecule has 1 heterocycles. The van der Waals surface area contributed by atoms with Crippen LogP contribution in [-0.4, -0.2) is 0 Å². The number of benzene rings is 9. The molecule has 0 unspecified atom stereocenters. The van der Waals surface area contributed by atoms with Gasteiger partial charge in [-0.1, -0.05) is 133 Å². The molecule has 1 aromatic heterocycles. The highest BCUT2D eigenvalue weighted by Crippen LogP contribution is 2.41. The van der Waals surface area contributed by atoms with Gasteiger partial charge in [0.05, 0.1) is 0 Å². The van der Waals surface area contributed by atoms with Crippen molar-refractivity contribution in [3.63, 3.8) is 0 Å². The first-order valence-electron chi connectivity index (χ1n) is 17.1. The summed E-state index contributed by atoms with van der Waals surface area (Å²) in [7, 11) is 0. The number of hydrogen-bond donors (Lipinski definition) is 0. The van der Waals surface area contributed by atoms with Crippen LogP contribution in [0, 0.1) is 0 Å². The first-order valence-corrected chi connectivity index (χ1v) is 17.1. The normalized spacial score (nSPS) is 11.6. The van der Waals surface area contributed by atoms with Crippen molar-refractivity contribution >= 4 is 71.3 Å². The van der Waals surface area contributed by atoms with Gasteiger partial charge in [0.2, 0.25) is 0 Å². The van der Waals surface area contributed by atoms with Crippen molar-refractivity contribution in [3.8, 4) is 22.3 Å². The Kier molecular flexibility index (Phi) is 6.53. The molecule has 0 aliphatic heterocycles. The lowest BCUT2D eigenvalue weighted by Gasteiger charge is -2.26. The number of furan rings is 1. The van der Waals surface area contributed by atoms with Gasteiger partial charge in [-0.15, -0.1) is 0 Å². The fraction of sp³-hybridized carbons (Fsp3) is 0. The highest BCUT2D eigenvalue weighted by molar-refractivity contribution is 6.15. The molecule has 10 rings (SSSR count). The summed E-state index contributed by atoms with van der Waals surface area (Å²) in [5.41, 5.74) is 9.74. The minimum Gasteiger partial charge on any atom is -0.455 e. The standard InChI is InChI=1S/C48H31NO/c1-2-9-32(10-3-1)36-13-8-14-40(30-36)49(41-25-28-45-46-27-21-35-12-5-7-16-44(35)48(46)50-47(45)31-41)39-23-19-33(20-24-39)37-22-26-43-38(29-37)18-17-34-11-4-6-15-42(34)43/h1-31H. The van der Waals surface area contributed by atoms with Crippen LogP contribution in [0.15, 0.2) is 192 Å². The Labute approximate surface area is 290 Å². The van der Waals surface area contributed by atoms with E-state index in [1.165, 1.54) is 49.2 Å². The number of rotatable bonds is 5. The summed E-state index contributed by atoms with van der Waals surface area (Å²) < 4.78 is 6.63. The van der Waals surface area contributed by atoms with Gasteiger partial charge in [-0.2, -0.15) is 0 Å². The molecule has 0 aliphatic carbocycles. The lowest BCUT2D eigenvalue weighted by atomic mass is 9.97. The summed E-state index contributed by atoms with van der Waals surface area (Å²) in [5, 5.41) is 9.64. The first kappa shape index (κ1) is 28.4. The second-order valence-corrected chi connectivity index (χ2v) is 13.0. The largest absolute Gasteiger partial charge is 0.455 e. The molecule has 0 saturated carbocycles. The summed E-state index contributed by atoms with van der Waals surface area (Å²) >= 11 is 0. The molecule has 10 aromatic rings. The second-order valence-electron chi connectivity index (χ2n) is 13.0. The molecule has 9 aromatic carbocycles. The van der Waals surface area contributed by atoms with Crippen LogP contribution in [0.25, 0.3) is 76.5 Å². The van der Waals surface area contributed by atoms with Gasteiger partial charge in [0.15, 0.2) is 0 Å². The molecular weight excluding hydrogens is 607 g/mol. The van der Waals surface area contributed by atoms with Gasteiger partial charge in [0, 0.05) is 39.3 Å². The third-order valence-electron chi connectivity index (χ3n) is 10.0. The van der Waals surface area contributed by atoms with Crippen molar-refractivity contribution in [1.82, 2.24) is 0 Å². The molecule has 0 fully saturated rings. The number of nitrogens with zero attached hydrogens (tertiary/aromatic N) is 1. The molecule has 0 N–H and O–H groups in total. The summed E-state index contributed by atoms with van der Waals surface area (Å²) in [5.74, 6) is 0. The van der Waals surface area contributed by atoms with Crippen molar-refractivity contribution in [2.75, 3.05) is 4.90 Å². The van der Waals surface area contributed by atoms with Crippen molar-refractivity contribution in [3.05, 3.63) is 188 Å². The van der Waals surface area contributed by atoms with Gasteiger partial charge in [-0.05, 0) is 97.7 Å². The van der Waals surface area contributed by atoms with Gasteiger partial charge in [0.25, 0.3) is 0 Å². The smallest absolute Gasteiger partial charge is 0.143 e. The predicted molar refractivity (Wildman–Crippen MR) is 212 cm³/mol. The molecule has 0 saturated heterocycles. The zero-order chi connectivity index (χ0) is 33.0. The molecule has 0 bridgehead atoms. The van der Waals surface area contributed by atoms with Crippen molar-refractivity contribution < 1.29 is 4.42 Å². The second kappa shape index (κ2) is 11.5. The van der Waals surface area contributed by atoms with E-state index in [4.69, 9.17) is 4.42 Å². The van der Waals surface area contributed by atoms with Crippen LogP contribution < -0.4 is 4.90 Å². The maximum absolute atomic E-state index is 6.63. The fourth-order valence-electron chi connectivity index (χ4n) is 7.53. The third-order valence-corrected chi connectivity index (χ3v) is 10.0. The summed E-state index contributed by atoms with van der Waals surface area (Å²) in [4.78, 5) is 2.33. The van der Waals surface area contributed by atoms with Crippen molar-refractivity contribution in [2.24, 2.45) is 0 Å². The van der Waals surface area contributed by atoms with E-state index in [2.05, 4.69) is 193 Å². The Morgan fingerprint density at radius 3 is 1.72 bits per heavy atom. The van der Waals surface area contributed by atoms with Crippen LogP contribution in [0.3, 0.4) is 0 Å². The Balaban J connectivity index is 1.10. The molecule has 0 amide bonds. The SMILES string of the molecule is c1ccc(-c2cccc(N(c3ccc(-c4ccc5c(ccc6ccccc65)c4)cc3)c3ccc4c(c3)oc3c5ccccc5ccc43)c2)cc1. The molecule has 0 spiro atoms. The molecule has 0 aliphatic rings. The van der Waals surface area contributed by atoms with Crippen LogP contribution in [-0.2, 0) is 0 Å². The average molecular weight is 638 g/mol. The molecule has 50 heavy (non-hydrogen) atoms. The fourth-order valence-corrected chi connectivity index (χ4v) is 7.53. The van der Waals surface area contributed by atoms with Gasteiger partial charge in [-0.25, -0.2) is 0 Å². The van der Waals surface area contributed by atoms with Crippen molar-refractivity contribution in [2.45, 2.75) is 0 Å². The molecule has 234 valence electrons. The van der Waals surface area contributed by atoms with E-state index in [1.807, 2.05) is 0 Å². The highest BCUT2D eigenvalue weighted by Gasteiger charge is 2.17. The van der Waals surface area contributed by atoms with Crippen molar-refractivity contribution in [1.29, 1.82) is 0 Å². The van der Waals surface area contributed by atoms with Crippen LogP contribution in [0.5, 0.6) is 0 Å². The maximum atomic E-state index is 6.63. The maximum Gasteiger partial charge on any atom is 0.143 e. The van der Waals surface area contributed by atoms with E-state index in [1.54, 1.807) is 0 Å². The summed E-state index contributed by atoms with van der Waals surface area (Å²) in [6, 6.07) is 67.5. The van der Waals surface area contributed by atoms with E-state index >= 15 is 0 Å². The monoisotopic (exact) mass is 637 g/mol. The van der Waals surface area contributed by atoms with Crippen LogP contribution in [0.1, 0.15) is 0 Å². The van der Waals surface area contributed by atoms with Gasteiger partial charge in [0.1, 0.15) is 11.2 Å². The molecule has 0 atom stereocenters. The third kappa shape index (κ3) is 4.73. The zero-order valence-electron chi connectivity index (χ0n) is 27.3.